The first-order chi connectivity index (χ1) is 12.2. The number of amides is 2. The Kier molecular flexibility index (Phi) is 5.71. The Hall–Kier alpha value is -1.92. The van der Waals surface area contributed by atoms with E-state index in [1.165, 1.54) is 0 Å². The number of anilines is 1. The summed E-state index contributed by atoms with van der Waals surface area (Å²) in [5.74, 6) is -0.287. The van der Waals surface area contributed by atoms with Crippen molar-refractivity contribution >= 4 is 17.5 Å². The minimum absolute atomic E-state index is 0.0489. The smallest absolute Gasteiger partial charge is 0.247 e. The number of likely N-dealkylation sites (tertiary alicyclic amines) is 1. The van der Waals surface area contributed by atoms with E-state index >= 15 is 0 Å². The molecule has 0 saturated carbocycles. The quantitative estimate of drug-likeness (QED) is 0.819. The van der Waals surface area contributed by atoms with Gasteiger partial charge in [-0.25, -0.2) is 10.4 Å². The van der Waals surface area contributed by atoms with E-state index in [2.05, 4.69) is 22.6 Å². The summed E-state index contributed by atoms with van der Waals surface area (Å²) in [7, 11) is 0. The van der Waals surface area contributed by atoms with E-state index in [4.69, 9.17) is 0 Å². The topological polar surface area (TPSA) is 64.7 Å². The van der Waals surface area contributed by atoms with Gasteiger partial charge in [-0.3, -0.25) is 9.59 Å². The Balaban J connectivity index is 1.82. The van der Waals surface area contributed by atoms with Gasteiger partial charge in [0.15, 0.2) is 0 Å². The summed E-state index contributed by atoms with van der Waals surface area (Å²) in [6.45, 7) is 7.18. The third kappa shape index (κ3) is 3.70. The first-order valence-electron chi connectivity index (χ1n) is 9.31. The van der Waals surface area contributed by atoms with Crippen molar-refractivity contribution in [2.75, 3.05) is 31.2 Å². The molecule has 1 aromatic carbocycles. The molecule has 0 radical (unpaired) electrons. The average Bonchev–Trinajstić information content (AvgIpc) is 2.97. The normalized spacial score (nSPS) is 26.6. The fourth-order valence-electron chi connectivity index (χ4n) is 3.83. The lowest BCUT2D eigenvalue weighted by atomic mass is 9.84. The van der Waals surface area contributed by atoms with Crippen LogP contribution in [0, 0.1) is 11.8 Å². The van der Waals surface area contributed by atoms with E-state index in [1.54, 1.807) is 5.01 Å². The summed E-state index contributed by atoms with van der Waals surface area (Å²) in [6, 6.07) is 9.46. The summed E-state index contributed by atoms with van der Waals surface area (Å²) >= 11 is 0. The molecule has 0 bridgehead atoms. The highest BCUT2D eigenvalue weighted by Gasteiger charge is 2.50. The van der Waals surface area contributed by atoms with Gasteiger partial charge in [0.2, 0.25) is 11.8 Å². The molecule has 2 amide bonds. The standard InChI is InChI=1S/C19H28N4O2/c1-3-10-20-18(24)15-12-22(11-4-2)13-16-17(15)21-23(19(16)25)14-8-6-5-7-9-14/h5-9,15-17,21H,3-4,10-13H2,1-2H3,(H,20,24). The number of carbonyl (C=O) groups excluding carboxylic acids is 2. The van der Waals surface area contributed by atoms with Crippen molar-refractivity contribution in [2.45, 2.75) is 32.7 Å². The lowest BCUT2D eigenvalue weighted by Crippen LogP contribution is -2.57. The van der Waals surface area contributed by atoms with Gasteiger partial charge in [0.1, 0.15) is 0 Å². The van der Waals surface area contributed by atoms with Crippen LogP contribution in [0.2, 0.25) is 0 Å². The van der Waals surface area contributed by atoms with Crippen molar-refractivity contribution in [3.63, 3.8) is 0 Å². The number of hydrogen-bond donors (Lipinski definition) is 2. The number of carbonyl (C=O) groups is 2. The van der Waals surface area contributed by atoms with Crippen molar-refractivity contribution in [2.24, 2.45) is 11.8 Å². The van der Waals surface area contributed by atoms with Crippen LogP contribution in [-0.4, -0.2) is 48.9 Å². The van der Waals surface area contributed by atoms with Gasteiger partial charge < -0.3 is 10.2 Å². The third-order valence-electron chi connectivity index (χ3n) is 5.03. The molecular formula is C19H28N4O2. The Bertz CT molecular complexity index is 607. The molecule has 6 heteroatoms. The second-order valence-corrected chi connectivity index (χ2v) is 6.93. The molecule has 2 aliphatic rings. The SMILES string of the molecule is CCCNC(=O)C1CN(CCC)CC2C(=O)N(c3ccccc3)NC12. The van der Waals surface area contributed by atoms with Crippen LogP contribution in [0.1, 0.15) is 26.7 Å². The Morgan fingerprint density at radius 2 is 1.96 bits per heavy atom. The maximum atomic E-state index is 13.0. The summed E-state index contributed by atoms with van der Waals surface area (Å²) in [6.07, 6.45) is 1.93. The van der Waals surface area contributed by atoms with Crippen molar-refractivity contribution < 1.29 is 9.59 Å². The first kappa shape index (κ1) is 17.9. The second-order valence-electron chi connectivity index (χ2n) is 6.93. The molecule has 1 aromatic rings. The summed E-state index contributed by atoms with van der Waals surface area (Å²) < 4.78 is 0. The van der Waals surface area contributed by atoms with Gasteiger partial charge in [-0.1, -0.05) is 32.0 Å². The van der Waals surface area contributed by atoms with E-state index < -0.39 is 0 Å². The van der Waals surface area contributed by atoms with E-state index in [0.717, 1.165) is 25.1 Å². The Labute approximate surface area is 149 Å². The second kappa shape index (κ2) is 7.97. The van der Waals surface area contributed by atoms with Gasteiger partial charge in [0.05, 0.1) is 23.6 Å². The molecule has 2 N–H and O–H groups in total. The maximum Gasteiger partial charge on any atom is 0.247 e. The number of rotatable bonds is 6. The maximum absolute atomic E-state index is 13.0. The molecule has 2 aliphatic heterocycles. The molecule has 0 aliphatic carbocycles. The van der Waals surface area contributed by atoms with Gasteiger partial charge in [0, 0.05) is 19.6 Å². The molecule has 25 heavy (non-hydrogen) atoms. The van der Waals surface area contributed by atoms with Crippen LogP contribution >= 0.6 is 0 Å². The van der Waals surface area contributed by atoms with E-state index in [9.17, 15) is 9.59 Å². The highest BCUT2D eigenvalue weighted by Crippen LogP contribution is 2.31. The van der Waals surface area contributed by atoms with Crippen molar-refractivity contribution in [1.82, 2.24) is 15.6 Å². The van der Waals surface area contributed by atoms with Gasteiger partial charge in [0.25, 0.3) is 0 Å². The van der Waals surface area contributed by atoms with Gasteiger partial charge in [-0.05, 0) is 31.5 Å². The van der Waals surface area contributed by atoms with Crippen molar-refractivity contribution in [3.8, 4) is 0 Å². The molecule has 136 valence electrons. The number of hydrazine groups is 1. The number of nitrogens with zero attached hydrogens (tertiary/aromatic N) is 2. The zero-order chi connectivity index (χ0) is 17.8. The number of piperidine rings is 1. The monoisotopic (exact) mass is 344 g/mol. The van der Waals surface area contributed by atoms with Crippen LogP contribution < -0.4 is 15.8 Å². The minimum Gasteiger partial charge on any atom is -0.356 e. The largest absolute Gasteiger partial charge is 0.356 e. The van der Waals surface area contributed by atoms with E-state index in [1.807, 2.05) is 37.3 Å². The molecule has 3 atom stereocenters. The highest BCUT2D eigenvalue weighted by molar-refractivity contribution is 5.98. The third-order valence-corrected chi connectivity index (χ3v) is 5.03. The van der Waals surface area contributed by atoms with Gasteiger partial charge in [-0.2, -0.15) is 0 Å². The summed E-state index contributed by atoms with van der Waals surface area (Å²) in [5, 5.41) is 4.64. The van der Waals surface area contributed by atoms with Gasteiger partial charge in [-0.15, -0.1) is 0 Å². The molecule has 2 saturated heterocycles. The van der Waals surface area contributed by atoms with Gasteiger partial charge >= 0.3 is 0 Å². The molecule has 6 nitrogen and oxygen atoms in total. The molecular weight excluding hydrogens is 316 g/mol. The first-order valence-corrected chi connectivity index (χ1v) is 9.31. The Morgan fingerprint density at radius 3 is 2.64 bits per heavy atom. The summed E-state index contributed by atoms with van der Waals surface area (Å²) in [4.78, 5) is 27.9. The molecule has 3 rings (SSSR count). The zero-order valence-corrected chi connectivity index (χ0v) is 15.1. The van der Waals surface area contributed by atoms with Crippen LogP contribution in [-0.2, 0) is 9.59 Å². The average molecular weight is 344 g/mol. The van der Waals surface area contributed by atoms with Crippen LogP contribution in [0.25, 0.3) is 0 Å². The number of hydrogen-bond acceptors (Lipinski definition) is 4. The minimum atomic E-state index is -0.213. The lowest BCUT2D eigenvalue weighted by Gasteiger charge is -2.38. The van der Waals surface area contributed by atoms with Crippen molar-refractivity contribution in [1.29, 1.82) is 0 Å². The number of para-hydroxylation sites is 1. The molecule has 2 heterocycles. The van der Waals surface area contributed by atoms with Crippen LogP contribution in [0.3, 0.4) is 0 Å². The fraction of sp³-hybridized carbons (Fsp3) is 0.579. The fourth-order valence-corrected chi connectivity index (χ4v) is 3.83. The van der Waals surface area contributed by atoms with Crippen molar-refractivity contribution in [3.05, 3.63) is 30.3 Å². The lowest BCUT2D eigenvalue weighted by molar-refractivity contribution is -0.129. The predicted molar refractivity (Wildman–Crippen MR) is 97.9 cm³/mol. The highest BCUT2D eigenvalue weighted by atomic mass is 16.2. The summed E-state index contributed by atoms with van der Waals surface area (Å²) in [5.41, 5.74) is 4.16. The molecule has 0 aromatic heterocycles. The number of nitrogens with one attached hydrogen (secondary N) is 2. The molecule has 3 unspecified atom stereocenters. The molecule has 0 spiro atoms. The van der Waals surface area contributed by atoms with E-state index in [0.29, 0.717) is 19.6 Å². The number of fused-ring (bicyclic) bond motifs is 1. The predicted octanol–water partition coefficient (Wildman–Crippen LogP) is 1.39. The van der Waals surface area contributed by atoms with Crippen LogP contribution in [0.5, 0.6) is 0 Å². The number of benzene rings is 1. The van der Waals surface area contributed by atoms with Crippen LogP contribution in [0.4, 0.5) is 5.69 Å². The van der Waals surface area contributed by atoms with E-state index in [-0.39, 0.29) is 29.7 Å². The zero-order valence-electron chi connectivity index (χ0n) is 15.1. The molecule has 2 fully saturated rings. The van der Waals surface area contributed by atoms with Crippen LogP contribution in [0.15, 0.2) is 30.3 Å². The Morgan fingerprint density at radius 1 is 1.20 bits per heavy atom.